The largest absolute Gasteiger partial charge is 0.469 e. The van der Waals surface area contributed by atoms with Crippen molar-refractivity contribution in [2.75, 3.05) is 21.3 Å². The summed E-state index contributed by atoms with van der Waals surface area (Å²) in [4.78, 5) is 35.4. The van der Waals surface area contributed by atoms with Crippen LogP contribution in [0.2, 0.25) is 0 Å². The van der Waals surface area contributed by atoms with Crippen molar-refractivity contribution in [3.8, 4) is 0 Å². The highest BCUT2D eigenvalue weighted by molar-refractivity contribution is 5.96. The van der Waals surface area contributed by atoms with Gasteiger partial charge in [-0.15, -0.1) is 0 Å². The van der Waals surface area contributed by atoms with Crippen LogP contribution in [0.15, 0.2) is 30.3 Å². The molecule has 21 heavy (non-hydrogen) atoms. The number of ether oxygens (including phenoxy) is 3. The fourth-order valence-corrected chi connectivity index (χ4v) is 2.07. The smallest absolute Gasteiger partial charge is 0.320 e. The minimum Gasteiger partial charge on any atom is -0.469 e. The minimum absolute atomic E-state index is 0.130. The van der Waals surface area contributed by atoms with Gasteiger partial charge < -0.3 is 14.2 Å². The second-order valence-electron chi connectivity index (χ2n) is 4.32. The van der Waals surface area contributed by atoms with Crippen molar-refractivity contribution in [2.24, 2.45) is 5.92 Å². The molecule has 0 fully saturated rings. The van der Waals surface area contributed by atoms with Gasteiger partial charge in [-0.25, -0.2) is 0 Å². The molecular formula is C15H18O6. The highest BCUT2D eigenvalue weighted by atomic mass is 16.5. The van der Waals surface area contributed by atoms with E-state index in [4.69, 9.17) is 0 Å². The van der Waals surface area contributed by atoms with Crippen LogP contribution in [0.4, 0.5) is 0 Å². The van der Waals surface area contributed by atoms with Crippen molar-refractivity contribution < 1.29 is 28.6 Å². The van der Waals surface area contributed by atoms with E-state index in [0.29, 0.717) is 5.56 Å². The van der Waals surface area contributed by atoms with Gasteiger partial charge in [0, 0.05) is 5.92 Å². The quantitative estimate of drug-likeness (QED) is 0.447. The van der Waals surface area contributed by atoms with Crippen LogP contribution in [0, 0.1) is 5.92 Å². The monoisotopic (exact) mass is 294 g/mol. The number of carbonyl (C=O) groups is 3. The average molecular weight is 294 g/mol. The van der Waals surface area contributed by atoms with E-state index in [1.165, 1.54) is 21.3 Å². The molecule has 1 atom stereocenters. The van der Waals surface area contributed by atoms with Crippen LogP contribution in [0.3, 0.4) is 0 Å². The molecule has 6 nitrogen and oxygen atoms in total. The Morgan fingerprint density at radius 3 is 1.86 bits per heavy atom. The molecule has 0 aliphatic heterocycles. The lowest BCUT2D eigenvalue weighted by Crippen LogP contribution is -2.33. The van der Waals surface area contributed by atoms with Crippen molar-refractivity contribution in [2.45, 2.75) is 12.3 Å². The van der Waals surface area contributed by atoms with Crippen molar-refractivity contribution in [1.82, 2.24) is 0 Å². The topological polar surface area (TPSA) is 78.9 Å². The Hall–Kier alpha value is -2.37. The van der Waals surface area contributed by atoms with Crippen LogP contribution in [-0.2, 0) is 28.6 Å². The van der Waals surface area contributed by atoms with E-state index >= 15 is 0 Å². The van der Waals surface area contributed by atoms with Gasteiger partial charge in [-0.2, -0.15) is 0 Å². The molecule has 0 N–H and O–H groups in total. The SMILES string of the molecule is COC(=O)C[C@H](c1ccccc1)C(C(=O)OC)C(=O)OC. The Balaban J connectivity index is 3.21. The molecule has 0 aromatic heterocycles. The molecule has 1 aromatic rings. The minimum atomic E-state index is -1.22. The second-order valence-corrected chi connectivity index (χ2v) is 4.32. The molecule has 0 radical (unpaired) electrons. The molecule has 0 aliphatic carbocycles. The third kappa shape index (κ3) is 4.30. The normalized spacial score (nSPS) is 11.6. The Morgan fingerprint density at radius 1 is 0.905 bits per heavy atom. The molecule has 114 valence electrons. The van der Waals surface area contributed by atoms with Crippen LogP contribution >= 0.6 is 0 Å². The predicted octanol–water partition coefficient (Wildman–Crippen LogP) is 1.30. The van der Waals surface area contributed by atoms with E-state index in [2.05, 4.69) is 14.2 Å². The standard InChI is InChI=1S/C15H18O6/c1-19-12(16)9-11(10-7-5-4-6-8-10)13(14(17)20-2)15(18)21-3/h4-8,11,13H,9H2,1-3H3/t11-/m1/s1. The van der Waals surface area contributed by atoms with Crippen LogP contribution in [0.1, 0.15) is 17.9 Å². The lowest BCUT2D eigenvalue weighted by molar-refractivity contribution is -0.160. The average Bonchev–Trinajstić information content (AvgIpc) is 2.54. The Labute approximate surface area is 123 Å². The van der Waals surface area contributed by atoms with E-state index in [-0.39, 0.29) is 6.42 Å². The maximum Gasteiger partial charge on any atom is 0.320 e. The van der Waals surface area contributed by atoms with Crippen molar-refractivity contribution in [3.63, 3.8) is 0 Å². The molecule has 6 heteroatoms. The molecule has 1 rings (SSSR count). The third-order valence-corrected chi connectivity index (χ3v) is 3.15. The maximum atomic E-state index is 11.9. The van der Waals surface area contributed by atoms with Gasteiger partial charge in [0.25, 0.3) is 0 Å². The molecule has 0 saturated carbocycles. The van der Waals surface area contributed by atoms with Crippen LogP contribution in [-0.4, -0.2) is 39.2 Å². The lowest BCUT2D eigenvalue weighted by atomic mass is 9.83. The second kappa shape index (κ2) is 8.04. The summed E-state index contributed by atoms with van der Waals surface area (Å²) in [5.74, 6) is -3.96. The number of methoxy groups -OCH3 is 3. The van der Waals surface area contributed by atoms with E-state index in [9.17, 15) is 14.4 Å². The fourth-order valence-electron chi connectivity index (χ4n) is 2.07. The number of hydrogen-bond acceptors (Lipinski definition) is 6. The summed E-state index contributed by atoms with van der Waals surface area (Å²) in [6.07, 6.45) is -0.130. The molecular weight excluding hydrogens is 276 g/mol. The summed E-state index contributed by atoms with van der Waals surface area (Å²) in [5, 5.41) is 0. The highest BCUT2D eigenvalue weighted by Crippen LogP contribution is 2.30. The van der Waals surface area contributed by atoms with Gasteiger partial charge in [-0.05, 0) is 5.56 Å². The zero-order chi connectivity index (χ0) is 15.8. The molecule has 0 saturated heterocycles. The molecule has 0 unspecified atom stereocenters. The summed E-state index contributed by atoms with van der Waals surface area (Å²) in [7, 11) is 3.60. The van der Waals surface area contributed by atoms with Crippen LogP contribution < -0.4 is 0 Å². The van der Waals surface area contributed by atoms with Gasteiger partial charge in [0.05, 0.1) is 27.8 Å². The first kappa shape index (κ1) is 16.7. The highest BCUT2D eigenvalue weighted by Gasteiger charge is 2.39. The van der Waals surface area contributed by atoms with E-state index < -0.39 is 29.7 Å². The first-order valence-electron chi connectivity index (χ1n) is 6.32. The summed E-state index contributed by atoms with van der Waals surface area (Å²) in [6, 6.07) is 8.76. The number of carbonyl (C=O) groups excluding carboxylic acids is 3. The van der Waals surface area contributed by atoms with E-state index in [0.717, 1.165) is 0 Å². The lowest BCUT2D eigenvalue weighted by Gasteiger charge is -2.22. The number of benzene rings is 1. The summed E-state index contributed by atoms with van der Waals surface area (Å²) in [5.41, 5.74) is 0.656. The molecule has 0 spiro atoms. The van der Waals surface area contributed by atoms with Gasteiger partial charge in [0.1, 0.15) is 0 Å². The third-order valence-electron chi connectivity index (χ3n) is 3.15. The van der Waals surface area contributed by atoms with Gasteiger partial charge in [0.15, 0.2) is 5.92 Å². The van der Waals surface area contributed by atoms with E-state index in [1.807, 2.05) is 0 Å². The fraction of sp³-hybridized carbons (Fsp3) is 0.400. The number of hydrogen-bond donors (Lipinski definition) is 0. The molecule has 0 aliphatic rings. The number of rotatable bonds is 6. The summed E-state index contributed by atoms with van der Waals surface area (Å²) in [6.45, 7) is 0. The van der Waals surface area contributed by atoms with Crippen molar-refractivity contribution in [1.29, 1.82) is 0 Å². The summed E-state index contributed by atoms with van der Waals surface area (Å²) < 4.78 is 14.0. The molecule has 0 bridgehead atoms. The first-order chi connectivity index (χ1) is 10.0. The van der Waals surface area contributed by atoms with Gasteiger partial charge in [-0.3, -0.25) is 14.4 Å². The van der Waals surface area contributed by atoms with E-state index in [1.54, 1.807) is 30.3 Å². The van der Waals surface area contributed by atoms with Crippen molar-refractivity contribution in [3.05, 3.63) is 35.9 Å². The predicted molar refractivity (Wildman–Crippen MR) is 73.3 cm³/mol. The number of esters is 3. The molecule has 0 heterocycles. The van der Waals surface area contributed by atoms with Gasteiger partial charge >= 0.3 is 17.9 Å². The van der Waals surface area contributed by atoms with Crippen LogP contribution in [0.5, 0.6) is 0 Å². The zero-order valence-electron chi connectivity index (χ0n) is 12.2. The van der Waals surface area contributed by atoms with Crippen molar-refractivity contribution >= 4 is 17.9 Å². The van der Waals surface area contributed by atoms with Gasteiger partial charge in [-0.1, -0.05) is 30.3 Å². The Morgan fingerprint density at radius 2 is 1.43 bits per heavy atom. The maximum absolute atomic E-state index is 11.9. The zero-order valence-corrected chi connectivity index (χ0v) is 12.2. The molecule has 1 aromatic carbocycles. The first-order valence-corrected chi connectivity index (χ1v) is 6.32. The summed E-state index contributed by atoms with van der Waals surface area (Å²) >= 11 is 0. The van der Waals surface area contributed by atoms with Gasteiger partial charge in [0.2, 0.25) is 0 Å². The molecule has 0 amide bonds. The Bertz CT molecular complexity index is 480. The van der Waals surface area contributed by atoms with Crippen LogP contribution in [0.25, 0.3) is 0 Å². The Kier molecular flexibility index (Phi) is 6.39.